The van der Waals surface area contributed by atoms with E-state index in [0.717, 1.165) is 12.1 Å². The molecule has 0 spiro atoms. The first kappa shape index (κ1) is 21.2. The molecule has 1 N–H and O–H groups in total. The summed E-state index contributed by atoms with van der Waals surface area (Å²) in [5, 5.41) is 2.98. The van der Waals surface area contributed by atoms with Crippen LogP contribution in [0, 0.1) is 0 Å². The Morgan fingerprint density at radius 3 is 2.34 bits per heavy atom. The van der Waals surface area contributed by atoms with Crippen molar-refractivity contribution in [3.8, 4) is 11.5 Å². The molecule has 5 heteroatoms. The highest BCUT2D eigenvalue weighted by Gasteiger charge is 2.12. The zero-order valence-corrected chi connectivity index (χ0v) is 17.7. The Balaban J connectivity index is 1.54. The molecule has 0 bridgehead atoms. The van der Waals surface area contributed by atoms with Gasteiger partial charge in [-0.3, -0.25) is 9.69 Å². The number of nitrogens with zero attached hydrogens (tertiary/aromatic N) is 1. The number of carbonyl (C=O) groups is 1. The number of rotatable bonds is 8. The number of benzene rings is 2. The van der Waals surface area contributed by atoms with Crippen LogP contribution in [0.5, 0.6) is 11.5 Å². The average molecular weight is 397 g/mol. The maximum Gasteiger partial charge on any atom is 0.251 e. The number of hydrogen-bond donors (Lipinski definition) is 1. The van der Waals surface area contributed by atoms with Crippen molar-refractivity contribution in [1.29, 1.82) is 0 Å². The second-order valence-electron chi connectivity index (χ2n) is 7.87. The number of amides is 1. The molecule has 1 aliphatic rings. The van der Waals surface area contributed by atoms with E-state index in [1.165, 1.54) is 37.9 Å². The molecule has 0 radical (unpaired) electrons. The van der Waals surface area contributed by atoms with E-state index in [2.05, 4.69) is 22.3 Å². The maximum atomic E-state index is 12.5. The molecule has 0 unspecified atom stereocenters. The van der Waals surface area contributed by atoms with Crippen molar-refractivity contribution in [3.63, 3.8) is 0 Å². The highest BCUT2D eigenvalue weighted by Crippen LogP contribution is 2.29. The van der Waals surface area contributed by atoms with Gasteiger partial charge in [-0.05, 0) is 75.2 Å². The molecule has 3 rings (SSSR count). The number of nitrogens with one attached hydrogen (secondary N) is 1. The van der Waals surface area contributed by atoms with Crippen LogP contribution in [0.15, 0.2) is 42.5 Å². The van der Waals surface area contributed by atoms with E-state index in [9.17, 15) is 4.79 Å². The summed E-state index contributed by atoms with van der Waals surface area (Å²) in [6.07, 6.45) is 3.99. The molecule has 0 saturated carbocycles. The fraction of sp³-hybridized carbons (Fsp3) is 0.458. The number of likely N-dealkylation sites (tertiary alicyclic amines) is 1. The van der Waals surface area contributed by atoms with Crippen molar-refractivity contribution in [2.75, 3.05) is 20.2 Å². The molecular formula is C24H32N2O3. The summed E-state index contributed by atoms with van der Waals surface area (Å²) < 4.78 is 11.1. The standard InChI is InChI=1S/C24H32N2O3/c1-18(2)29-22-12-9-20(15-23(22)28-3)16-25-24(27)21-10-7-19(8-11-21)17-26-13-5-4-6-14-26/h7-12,15,18H,4-6,13-14,16-17H2,1-3H3,(H,25,27). The first-order valence-corrected chi connectivity index (χ1v) is 10.5. The number of carbonyl (C=O) groups excluding carboxylic acids is 1. The summed E-state index contributed by atoms with van der Waals surface area (Å²) in [4.78, 5) is 15.0. The third-order valence-electron chi connectivity index (χ3n) is 5.11. The third kappa shape index (κ3) is 6.23. The largest absolute Gasteiger partial charge is 0.493 e. The van der Waals surface area contributed by atoms with Gasteiger partial charge >= 0.3 is 0 Å². The van der Waals surface area contributed by atoms with Crippen LogP contribution in [-0.4, -0.2) is 37.1 Å². The van der Waals surface area contributed by atoms with E-state index in [1.807, 2.05) is 44.2 Å². The van der Waals surface area contributed by atoms with Gasteiger partial charge in [0.05, 0.1) is 13.2 Å². The van der Waals surface area contributed by atoms with Gasteiger partial charge < -0.3 is 14.8 Å². The summed E-state index contributed by atoms with van der Waals surface area (Å²) in [5.74, 6) is 1.31. The van der Waals surface area contributed by atoms with E-state index >= 15 is 0 Å². The molecule has 29 heavy (non-hydrogen) atoms. The first-order chi connectivity index (χ1) is 14.0. The van der Waals surface area contributed by atoms with Gasteiger partial charge in [-0.2, -0.15) is 0 Å². The Morgan fingerprint density at radius 1 is 1.00 bits per heavy atom. The monoisotopic (exact) mass is 396 g/mol. The summed E-state index contributed by atoms with van der Waals surface area (Å²) in [6.45, 7) is 7.70. The van der Waals surface area contributed by atoms with Gasteiger partial charge in [0.1, 0.15) is 0 Å². The summed E-state index contributed by atoms with van der Waals surface area (Å²) >= 11 is 0. The van der Waals surface area contributed by atoms with E-state index in [4.69, 9.17) is 9.47 Å². The van der Waals surface area contributed by atoms with E-state index < -0.39 is 0 Å². The van der Waals surface area contributed by atoms with Crippen LogP contribution >= 0.6 is 0 Å². The molecule has 0 aromatic heterocycles. The van der Waals surface area contributed by atoms with Crippen LogP contribution in [0.3, 0.4) is 0 Å². The fourth-order valence-electron chi connectivity index (χ4n) is 3.59. The molecule has 0 aliphatic carbocycles. The van der Waals surface area contributed by atoms with Crippen LogP contribution in [0.2, 0.25) is 0 Å². The summed E-state index contributed by atoms with van der Waals surface area (Å²) in [6, 6.07) is 13.7. The van der Waals surface area contributed by atoms with Gasteiger partial charge in [0, 0.05) is 18.7 Å². The van der Waals surface area contributed by atoms with Crippen molar-refractivity contribution in [3.05, 3.63) is 59.2 Å². The zero-order valence-electron chi connectivity index (χ0n) is 17.7. The van der Waals surface area contributed by atoms with Crippen molar-refractivity contribution in [1.82, 2.24) is 10.2 Å². The Hall–Kier alpha value is -2.53. The Kier molecular flexibility index (Phi) is 7.53. The SMILES string of the molecule is COc1cc(CNC(=O)c2ccc(CN3CCCCC3)cc2)ccc1OC(C)C. The van der Waals surface area contributed by atoms with E-state index in [1.54, 1.807) is 7.11 Å². The van der Waals surface area contributed by atoms with Crippen molar-refractivity contribution in [2.24, 2.45) is 0 Å². The Labute approximate surface area is 174 Å². The van der Waals surface area contributed by atoms with Gasteiger partial charge in [-0.1, -0.05) is 24.6 Å². The number of hydrogen-bond acceptors (Lipinski definition) is 4. The van der Waals surface area contributed by atoms with E-state index in [0.29, 0.717) is 23.6 Å². The zero-order chi connectivity index (χ0) is 20.6. The molecule has 0 atom stereocenters. The van der Waals surface area contributed by atoms with Crippen LogP contribution in [0.25, 0.3) is 0 Å². The van der Waals surface area contributed by atoms with E-state index in [-0.39, 0.29) is 12.0 Å². The molecule has 1 amide bonds. The van der Waals surface area contributed by atoms with Gasteiger partial charge in [-0.15, -0.1) is 0 Å². The minimum Gasteiger partial charge on any atom is -0.493 e. The topological polar surface area (TPSA) is 50.8 Å². The maximum absolute atomic E-state index is 12.5. The summed E-state index contributed by atoms with van der Waals surface area (Å²) in [5.41, 5.74) is 2.90. The molecule has 1 fully saturated rings. The van der Waals surface area contributed by atoms with Gasteiger partial charge in [-0.25, -0.2) is 0 Å². The molecule has 1 aliphatic heterocycles. The van der Waals surface area contributed by atoms with Crippen molar-refractivity contribution < 1.29 is 14.3 Å². The Morgan fingerprint density at radius 2 is 1.69 bits per heavy atom. The highest BCUT2D eigenvalue weighted by atomic mass is 16.5. The highest BCUT2D eigenvalue weighted by molar-refractivity contribution is 5.94. The molecule has 1 heterocycles. The van der Waals surface area contributed by atoms with Crippen LogP contribution in [0.1, 0.15) is 54.6 Å². The van der Waals surface area contributed by atoms with Crippen LogP contribution in [0.4, 0.5) is 0 Å². The first-order valence-electron chi connectivity index (χ1n) is 10.5. The Bertz CT molecular complexity index is 796. The fourth-order valence-corrected chi connectivity index (χ4v) is 3.59. The van der Waals surface area contributed by atoms with Crippen molar-refractivity contribution in [2.45, 2.75) is 52.3 Å². The smallest absolute Gasteiger partial charge is 0.251 e. The molecule has 2 aromatic rings. The lowest BCUT2D eigenvalue weighted by atomic mass is 10.1. The molecular weight excluding hydrogens is 364 g/mol. The number of ether oxygens (including phenoxy) is 2. The molecule has 1 saturated heterocycles. The molecule has 156 valence electrons. The molecule has 2 aromatic carbocycles. The predicted octanol–water partition coefficient (Wildman–Crippen LogP) is 4.40. The summed E-state index contributed by atoms with van der Waals surface area (Å²) in [7, 11) is 1.62. The quantitative estimate of drug-likeness (QED) is 0.719. The minimum atomic E-state index is -0.0732. The average Bonchev–Trinajstić information content (AvgIpc) is 2.73. The third-order valence-corrected chi connectivity index (χ3v) is 5.11. The lowest BCUT2D eigenvalue weighted by molar-refractivity contribution is 0.0951. The van der Waals surface area contributed by atoms with Gasteiger partial charge in [0.2, 0.25) is 0 Å². The minimum absolute atomic E-state index is 0.0732. The lowest BCUT2D eigenvalue weighted by Crippen LogP contribution is -2.29. The second kappa shape index (κ2) is 10.3. The van der Waals surface area contributed by atoms with Crippen molar-refractivity contribution >= 4 is 5.91 Å². The normalized spacial score (nSPS) is 14.6. The van der Waals surface area contributed by atoms with Crippen LogP contribution in [-0.2, 0) is 13.1 Å². The number of piperidine rings is 1. The predicted molar refractivity (Wildman–Crippen MR) is 115 cm³/mol. The second-order valence-corrected chi connectivity index (χ2v) is 7.87. The number of methoxy groups -OCH3 is 1. The van der Waals surface area contributed by atoms with Gasteiger partial charge in [0.15, 0.2) is 11.5 Å². The molecule has 5 nitrogen and oxygen atoms in total. The van der Waals surface area contributed by atoms with Crippen LogP contribution < -0.4 is 14.8 Å². The lowest BCUT2D eigenvalue weighted by Gasteiger charge is -2.26. The van der Waals surface area contributed by atoms with Gasteiger partial charge in [0.25, 0.3) is 5.91 Å².